The zero-order valence-corrected chi connectivity index (χ0v) is 19.4. The van der Waals surface area contributed by atoms with Crippen molar-refractivity contribution >= 4 is 40.9 Å². The summed E-state index contributed by atoms with van der Waals surface area (Å²) in [6.07, 6.45) is 3.44. The summed E-state index contributed by atoms with van der Waals surface area (Å²) < 4.78 is 7.60. The van der Waals surface area contributed by atoms with Crippen LogP contribution < -0.4 is 0 Å². The van der Waals surface area contributed by atoms with Gasteiger partial charge >= 0.3 is 0 Å². The van der Waals surface area contributed by atoms with Crippen LogP contribution in [0.15, 0.2) is 47.9 Å². The van der Waals surface area contributed by atoms with E-state index in [-0.39, 0.29) is 23.9 Å². The number of amides is 1. The van der Waals surface area contributed by atoms with Crippen molar-refractivity contribution in [2.75, 3.05) is 18.8 Å². The SMILES string of the molecule is CC1CN(C(=O)CSc2nnc(-c3ccncc3)n2-c2ccc(Cl)c(Cl)c2)CC(C)O1. The first-order valence-corrected chi connectivity index (χ1v) is 11.5. The van der Waals surface area contributed by atoms with Crippen molar-refractivity contribution in [1.82, 2.24) is 24.6 Å². The molecule has 0 aliphatic carbocycles. The molecule has 0 bridgehead atoms. The number of carbonyl (C=O) groups is 1. The Morgan fingerprint density at radius 2 is 1.81 bits per heavy atom. The number of nitrogens with zero attached hydrogens (tertiary/aromatic N) is 5. The number of morpholine rings is 1. The van der Waals surface area contributed by atoms with Gasteiger partial charge in [-0.25, -0.2) is 0 Å². The Bertz CT molecular complexity index is 1070. The second-order valence-corrected chi connectivity index (χ2v) is 9.08. The summed E-state index contributed by atoms with van der Waals surface area (Å²) in [5.74, 6) is 0.917. The van der Waals surface area contributed by atoms with E-state index in [2.05, 4.69) is 15.2 Å². The number of halogens is 2. The molecule has 1 aromatic carbocycles. The number of rotatable bonds is 5. The van der Waals surface area contributed by atoms with Gasteiger partial charge in [0.1, 0.15) is 0 Å². The Kier molecular flexibility index (Phi) is 6.81. The third-order valence-corrected chi connectivity index (χ3v) is 6.48. The number of benzene rings is 1. The summed E-state index contributed by atoms with van der Waals surface area (Å²) in [5.41, 5.74) is 1.61. The summed E-state index contributed by atoms with van der Waals surface area (Å²) >= 11 is 13.7. The molecule has 1 amide bonds. The van der Waals surface area contributed by atoms with E-state index in [1.54, 1.807) is 24.5 Å². The standard InChI is InChI=1S/C21H21Cl2N5O2S/c1-13-10-27(11-14(2)30-13)19(29)12-31-21-26-25-20(15-5-7-24-8-6-15)28(21)16-3-4-17(22)18(23)9-16/h3-9,13-14H,10-12H2,1-2H3. The van der Waals surface area contributed by atoms with Crippen molar-refractivity contribution in [3.8, 4) is 17.1 Å². The minimum Gasteiger partial charge on any atom is -0.372 e. The first-order chi connectivity index (χ1) is 14.9. The van der Waals surface area contributed by atoms with Gasteiger partial charge in [-0.15, -0.1) is 10.2 Å². The first-order valence-electron chi connectivity index (χ1n) is 9.79. The number of hydrogen-bond acceptors (Lipinski definition) is 6. The van der Waals surface area contributed by atoms with Crippen molar-refractivity contribution in [3.05, 3.63) is 52.8 Å². The van der Waals surface area contributed by atoms with Crippen molar-refractivity contribution < 1.29 is 9.53 Å². The van der Waals surface area contributed by atoms with Crippen LogP contribution in [0.5, 0.6) is 0 Å². The molecule has 2 atom stereocenters. The summed E-state index contributed by atoms with van der Waals surface area (Å²) in [5, 5.41) is 10.2. The topological polar surface area (TPSA) is 73.1 Å². The van der Waals surface area contributed by atoms with Crippen LogP contribution in [0.25, 0.3) is 17.1 Å². The Hall–Kier alpha value is -2.13. The first kappa shape index (κ1) is 22.1. The number of aromatic nitrogens is 4. The predicted octanol–water partition coefficient (Wildman–Crippen LogP) is 4.36. The molecule has 1 saturated heterocycles. The normalized spacial score (nSPS) is 18.9. The number of hydrogen-bond donors (Lipinski definition) is 0. The van der Waals surface area contributed by atoms with E-state index < -0.39 is 0 Å². The van der Waals surface area contributed by atoms with E-state index in [0.717, 1.165) is 11.3 Å². The molecule has 2 unspecified atom stereocenters. The van der Waals surface area contributed by atoms with Gasteiger partial charge in [0.05, 0.1) is 33.7 Å². The number of pyridine rings is 1. The Balaban J connectivity index is 1.62. The fourth-order valence-corrected chi connectivity index (χ4v) is 4.65. The number of thioether (sulfide) groups is 1. The van der Waals surface area contributed by atoms with Crippen LogP contribution >= 0.6 is 35.0 Å². The van der Waals surface area contributed by atoms with Crippen LogP contribution in [0.4, 0.5) is 0 Å². The second kappa shape index (κ2) is 9.56. The molecule has 4 rings (SSSR count). The lowest BCUT2D eigenvalue weighted by Crippen LogP contribution is -2.48. The molecule has 7 nitrogen and oxygen atoms in total. The van der Waals surface area contributed by atoms with Crippen molar-refractivity contribution in [2.24, 2.45) is 0 Å². The van der Waals surface area contributed by atoms with Crippen molar-refractivity contribution in [1.29, 1.82) is 0 Å². The van der Waals surface area contributed by atoms with Crippen LogP contribution in [-0.2, 0) is 9.53 Å². The van der Waals surface area contributed by atoms with Gasteiger partial charge in [0.2, 0.25) is 5.91 Å². The highest BCUT2D eigenvalue weighted by molar-refractivity contribution is 7.99. The lowest BCUT2D eigenvalue weighted by atomic mass is 10.2. The minimum atomic E-state index is 0.0239. The highest BCUT2D eigenvalue weighted by atomic mass is 35.5. The van der Waals surface area contributed by atoms with Gasteiger partial charge in [0.15, 0.2) is 11.0 Å². The molecule has 2 aromatic heterocycles. The maximum atomic E-state index is 12.8. The largest absolute Gasteiger partial charge is 0.372 e. The molecule has 1 aliphatic heterocycles. The average molecular weight is 478 g/mol. The smallest absolute Gasteiger partial charge is 0.233 e. The van der Waals surface area contributed by atoms with Crippen LogP contribution in [-0.4, -0.2) is 61.6 Å². The summed E-state index contributed by atoms with van der Waals surface area (Å²) in [6.45, 7) is 5.13. The lowest BCUT2D eigenvalue weighted by molar-refractivity contribution is -0.140. The fraction of sp³-hybridized carbons (Fsp3) is 0.333. The Labute approximate surface area is 194 Å². The third kappa shape index (κ3) is 5.03. The molecule has 3 aromatic rings. The average Bonchev–Trinajstić information content (AvgIpc) is 3.18. The maximum absolute atomic E-state index is 12.8. The molecule has 0 saturated carbocycles. The van der Waals surface area contributed by atoms with E-state index in [9.17, 15) is 4.79 Å². The number of ether oxygens (including phenoxy) is 1. The van der Waals surface area contributed by atoms with Gasteiger partial charge in [0, 0.05) is 31.0 Å². The summed E-state index contributed by atoms with van der Waals surface area (Å²) in [4.78, 5) is 18.7. The Morgan fingerprint density at radius 1 is 1.10 bits per heavy atom. The molecular weight excluding hydrogens is 457 g/mol. The van der Waals surface area contributed by atoms with Crippen molar-refractivity contribution in [2.45, 2.75) is 31.2 Å². The van der Waals surface area contributed by atoms with E-state index in [4.69, 9.17) is 27.9 Å². The van der Waals surface area contributed by atoms with Crippen LogP contribution in [0.1, 0.15) is 13.8 Å². The zero-order valence-electron chi connectivity index (χ0n) is 17.0. The van der Waals surface area contributed by atoms with E-state index in [0.29, 0.717) is 34.1 Å². The maximum Gasteiger partial charge on any atom is 0.233 e. The predicted molar refractivity (Wildman–Crippen MR) is 122 cm³/mol. The van der Waals surface area contributed by atoms with Gasteiger partial charge in [-0.1, -0.05) is 35.0 Å². The van der Waals surface area contributed by atoms with Crippen LogP contribution in [0.3, 0.4) is 0 Å². The van der Waals surface area contributed by atoms with Gasteiger partial charge in [-0.3, -0.25) is 14.3 Å². The Morgan fingerprint density at radius 3 is 2.48 bits per heavy atom. The zero-order chi connectivity index (χ0) is 22.0. The monoisotopic (exact) mass is 477 g/mol. The lowest BCUT2D eigenvalue weighted by Gasteiger charge is -2.35. The molecule has 3 heterocycles. The van der Waals surface area contributed by atoms with Gasteiger partial charge in [-0.2, -0.15) is 0 Å². The van der Waals surface area contributed by atoms with Crippen LogP contribution in [0.2, 0.25) is 10.0 Å². The molecule has 0 N–H and O–H groups in total. The highest BCUT2D eigenvalue weighted by Crippen LogP contribution is 2.31. The van der Waals surface area contributed by atoms with E-state index in [1.165, 1.54) is 11.8 Å². The molecule has 0 spiro atoms. The highest BCUT2D eigenvalue weighted by Gasteiger charge is 2.26. The molecule has 162 valence electrons. The molecule has 0 radical (unpaired) electrons. The number of carbonyl (C=O) groups excluding carboxylic acids is 1. The second-order valence-electron chi connectivity index (χ2n) is 7.32. The summed E-state index contributed by atoms with van der Waals surface area (Å²) in [7, 11) is 0. The minimum absolute atomic E-state index is 0.0239. The van der Waals surface area contributed by atoms with Crippen LogP contribution in [0, 0.1) is 0 Å². The molecule has 1 fully saturated rings. The van der Waals surface area contributed by atoms with Crippen molar-refractivity contribution in [3.63, 3.8) is 0 Å². The summed E-state index contributed by atoms with van der Waals surface area (Å²) in [6, 6.07) is 9.04. The quantitative estimate of drug-likeness (QED) is 0.508. The van der Waals surface area contributed by atoms with Gasteiger partial charge in [0.25, 0.3) is 0 Å². The van der Waals surface area contributed by atoms with Gasteiger partial charge in [-0.05, 0) is 44.2 Å². The molecular formula is C21H21Cl2N5O2S. The molecule has 10 heteroatoms. The fourth-order valence-electron chi connectivity index (χ4n) is 3.51. The van der Waals surface area contributed by atoms with Gasteiger partial charge < -0.3 is 9.64 Å². The molecule has 1 aliphatic rings. The van der Waals surface area contributed by atoms with E-state index >= 15 is 0 Å². The van der Waals surface area contributed by atoms with E-state index in [1.807, 2.05) is 41.5 Å². The third-order valence-electron chi connectivity index (χ3n) is 4.83. The molecule has 31 heavy (non-hydrogen) atoms.